The number of esters is 1. The molecule has 0 aliphatic carbocycles. The van der Waals surface area contributed by atoms with Gasteiger partial charge in [-0.2, -0.15) is 5.26 Å². The van der Waals surface area contributed by atoms with Crippen LogP contribution >= 0.6 is 0 Å². The summed E-state index contributed by atoms with van der Waals surface area (Å²) >= 11 is 0. The van der Waals surface area contributed by atoms with Crippen molar-refractivity contribution < 1.29 is 23.0 Å². The maximum Gasteiger partial charge on any atom is 0.347 e. The molecule has 1 unspecified atom stereocenters. The molecule has 0 saturated heterocycles. The van der Waals surface area contributed by atoms with Crippen LogP contribution in [0.25, 0.3) is 0 Å². The van der Waals surface area contributed by atoms with Gasteiger partial charge in [0.2, 0.25) is 0 Å². The highest BCUT2D eigenvalue weighted by molar-refractivity contribution is 5.74. The predicted molar refractivity (Wildman–Crippen MR) is 77.4 cm³/mol. The van der Waals surface area contributed by atoms with Crippen molar-refractivity contribution >= 4 is 5.97 Å². The van der Waals surface area contributed by atoms with Crippen LogP contribution in [-0.4, -0.2) is 12.1 Å². The Morgan fingerprint density at radius 1 is 1.22 bits per heavy atom. The minimum absolute atomic E-state index is 0.106. The summed E-state index contributed by atoms with van der Waals surface area (Å²) in [5.41, 5.74) is 0.374. The lowest BCUT2D eigenvalue weighted by atomic mass is 10.1. The fourth-order valence-corrected chi connectivity index (χ4v) is 1.79. The van der Waals surface area contributed by atoms with Gasteiger partial charge in [0, 0.05) is 0 Å². The van der Waals surface area contributed by atoms with Crippen molar-refractivity contribution in [1.29, 1.82) is 5.26 Å². The van der Waals surface area contributed by atoms with Gasteiger partial charge in [-0.1, -0.05) is 6.07 Å². The molecule has 0 aromatic heterocycles. The minimum Gasteiger partial charge on any atom is -0.479 e. The number of benzene rings is 2. The fraction of sp³-hybridized carbons (Fsp3) is 0.176. The van der Waals surface area contributed by atoms with Gasteiger partial charge in [-0.05, 0) is 48.9 Å². The second-order valence-corrected chi connectivity index (χ2v) is 4.75. The number of carbonyl (C=O) groups excluding carboxylic acids is 1. The molecule has 0 fully saturated rings. The normalized spacial score (nSPS) is 11.4. The smallest absolute Gasteiger partial charge is 0.347 e. The quantitative estimate of drug-likeness (QED) is 0.794. The highest BCUT2D eigenvalue weighted by atomic mass is 19.1. The van der Waals surface area contributed by atoms with Crippen molar-refractivity contribution in [1.82, 2.24) is 0 Å². The lowest BCUT2D eigenvalue weighted by molar-refractivity contribution is -0.152. The molecule has 0 aliphatic heterocycles. The third-order valence-electron chi connectivity index (χ3n) is 2.99. The molecule has 2 aromatic rings. The number of hydrogen-bond donors (Lipinski definition) is 0. The van der Waals surface area contributed by atoms with Crippen molar-refractivity contribution in [3.05, 3.63) is 65.2 Å². The van der Waals surface area contributed by atoms with E-state index in [1.807, 2.05) is 0 Å². The van der Waals surface area contributed by atoms with E-state index < -0.39 is 23.7 Å². The number of rotatable bonds is 5. The van der Waals surface area contributed by atoms with Gasteiger partial charge < -0.3 is 9.47 Å². The lowest BCUT2D eigenvalue weighted by Gasteiger charge is -2.14. The van der Waals surface area contributed by atoms with Crippen LogP contribution in [0.4, 0.5) is 8.78 Å². The average Bonchev–Trinajstić information content (AvgIpc) is 2.55. The van der Waals surface area contributed by atoms with Crippen LogP contribution in [0, 0.1) is 23.0 Å². The summed E-state index contributed by atoms with van der Waals surface area (Å²) in [6.07, 6.45) is -0.892. The second kappa shape index (κ2) is 7.36. The van der Waals surface area contributed by atoms with E-state index in [0.717, 1.165) is 6.07 Å². The highest BCUT2D eigenvalue weighted by Crippen LogP contribution is 2.14. The standard InChI is InChI=1S/C17H13F2NO3/c1-11(23-15-5-3-14(18)4-6-15)17(21)22-10-12-2-7-16(19)13(8-12)9-20/h2-8,11H,10H2,1H3. The Hall–Kier alpha value is -2.94. The summed E-state index contributed by atoms with van der Waals surface area (Å²) in [7, 11) is 0. The number of ether oxygens (including phenoxy) is 2. The molecule has 1 atom stereocenters. The van der Waals surface area contributed by atoms with Gasteiger partial charge in [0.05, 0.1) is 5.56 Å². The number of halogens is 2. The zero-order valence-corrected chi connectivity index (χ0v) is 12.3. The van der Waals surface area contributed by atoms with Gasteiger partial charge in [-0.3, -0.25) is 0 Å². The molecule has 0 spiro atoms. The van der Waals surface area contributed by atoms with Crippen molar-refractivity contribution in [2.75, 3.05) is 0 Å². The van der Waals surface area contributed by atoms with Crippen LogP contribution in [0.3, 0.4) is 0 Å². The molecule has 118 valence electrons. The van der Waals surface area contributed by atoms with Crippen LogP contribution in [0.2, 0.25) is 0 Å². The predicted octanol–water partition coefficient (Wildman–Crippen LogP) is 3.35. The molecule has 0 N–H and O–H groups in total. The Morgan fingerprint density at radius 3 is 2.57 bits per heavy atom. The van der Waals surface area contributed by atoms with E-state index in [9.17, 15) is 13.6 Å². The lowest BCUT2D eigenvalue weighted by Crippen LogP contribution is -2.26. The monoisotopic (exact) mass is 317 g/mol. The van der Waals surface area contributed by atoms with E-state index in [1.165, 1.54) is 43.3 Å². The maximum absolute atomic E-state index is 13.2. The molecular formula is C17H13F2NO3. The Labute approximate surface area is 131 Å². The third-order valence-corrected chi connectivity index (χ3v) is 2.99. The maximum atomic E-state index is 13.2. The summed E-state index contributed by atoms with van der Waals surface area (Å²) < 4.78 is 36.4. The zero-order chi connectivity index (χ0) is 16.8. The number of nitrogens with zero attached hydrogens (tertiary/aromatic N) is 1. The molecular weight excluding hydrogens is 304 g/mol. The molecule has 0 radical (unpaired) electrons. The molecule has 2 rings (SSSR count). The SMILES string of the molecule is CC(Oc1ccc(F)cc1)C(=O)OCc1ccc(F)c(C#N)c1. The summed E-state index contributed by atoms with van der Waals surface area (Å²) in [5.74, 6) is -1.32. The first-order valence-corrected chi connectivity index (χ1v) is 6.77. The van der Waals surface area contributed by atoms with Crippen molar-refractivity contribution in [2.24, 2.45) is 0 Å². The summed E-state index contributed by atoms with van der Waals surface area (Å²) in [6.45, 7) is 1.39. The van der Waals surface area contributed by atoms with Crippen LogP contribution in [0.5, 0.6) is 5.75 Å². The van der Waals surface area contributed by atoms with Crippen molar-refractivity contribution in [2.45, 2.75) is 19.6 Å². The Kier molecular flexibility index (Phi) is 5.26. The third kappa shape index (κ3) is 4.51. The van der Waals surface area contributed by atoms with Gasteiger partial charge in [-0.15, -0.1) is 0 Å². The summed E-state index contributed by atoms with van der Waals surface area (Å²) in [5, 5.41) is 8.75. The van der Waals surface area contributed by atoms with Crippen molar-refractivity contribution in [3.63, 3.8) is 0 Å². The molecule has 6 heteroatoms. The number of nitriles is 1. The first kappa shape index (κ1) is 16.4. The van der Waals surface area contributed by atoms with Crippen molar-refractivity contribution in [3.8, 4) is 11.8 Å². The van der Waals surface area contributed by atoms with Crippen LogP contribution < -0.4 is 4.74 Å². The Bertz CT molecular complexity index is 738. The summed E-state index contributed by atoms with van der Waals surface area (Å²) in [4.78, 5) is 11.8. The molecule has 0 saturated carbocycles. The molecule has 0 bridgehead atoms. The van der Waals surface area contributed by atoms with E-state index in [0.29, 0.717) is 11.3 Å². The molecule has 0 amide bonds. The first-order valence-electron chi connectivity index (χ1n) is 6.77. The topological polar surface area (TPSA) is 59.3 Å². The van der Waals surface area contributed by atoms with Gasteiger partial charge in [-0.25, -0.2) is 13.6 Å². The average molecular weight is 317 g/mol. The van der Waals surface area contributed by atoms with Gasteiger partial charge in [0.1, 0.15) is 30.1 Å². The van der Waals surface area contributed by atoms with Crippen LogP contribution in [0.15, 0.2) is 42.5 Å². The van der Waals surface area contributed by atoms with Gasteiger partial charge in [0.15, 0.2) is 6.10 Å². The van der Waals surface area contributed by atoms with Gasteiger partial charge >= 0.3 is 5.97 Å². The van der Waals surface area contributed by atoms with E-state index in [2.05, 4.69) is 0 Å². The number of hydrogen-bond acceptors (Lipinski definition) is 4. The second-order valence-electron chi connectivity index (χ2n) is 4.75. The Balaban J connectivity index is 1.91. The van der Waals surface area contributed by atoms with E-state index in [1.54, 1.807) is 6.07 Å². The zero-order valence-electron chi connectivity index (χ0n) is 12.3. The van der Waals surface area contributed by atoms with Crippen LogP contribution in [-0.2, 0) is 16.1 Å². The number of carbonyl (C=O) groups is 1. The summed E-state index contributed by atoms with van der Waals surface area (Å²) in [6, 6.07) is 10.8. The van der Waals surface area contributed by atoms with Gasteiger partial charge in [0.25, 0.3) is 0 Å². The first-order chi connectivity index (χ1) is 11.0. The minimum atomic E-state index is -0.892. The molecule has 4 nitrogen and oxygen atoms in total. The fourth-order valence-electron chi connectivity index (χ4n) is 1.79. The molecule has 2 aromatic carbocycles. The molecule has 23 heavy (non-hydrogen) atoms. The highest BCUT2D eigenvalue weighted by Gasteiger charge is 2.16. The van der Waals surface area contributed by atoms with E-state index in [-0.39, 0.29) is 12.2 Å². The molecule has 0 heterocycles. The van der Waals surface area contributed by atoms with Crippen LogP contribution in [0.1, 0.15) is 18.1 Å². The molecule has 0 aliphatic rings. The van der Waals surface area contributed by atoms with E-state index >= 15 is 0 Å². The Morgan fingerprint density at radius 2 is 1.91 bits per heavy atom. The largest absolute Gasteiger partial charge is 0.479 e. The van der Waals surface area contributed by atoms with E-state index in [4.69, 9.17) is 14.7 Å².